The number of rotatable bonds is 9. The first-order valence-corrected chi connectivity index (χ1v) is 14.9. The second-order valence-corrected chi connectivity index (χ2v) is 12.5. The predicted octanol–water partition coefficient (Wildman–Crippen LogP) is 6.36. The van der Waals surface area contributed by atoms with Gasteiger partial charge in [-0.3, -0.25) is 14.5 Å². The summed E-state index contributed by atoms with van der Waals surface area (Å²) in [7, 11) is 3.01. The smallest absolute Gasteiger partial charge is 0.296 e. The first kappa shape index (κ1) is 28.1. The molecule has 40 heavy (non-hydrogen) atoms. The highest BCUT2D eigenvalue weighted by atomic mass is 35.5. The fourth-order valence-corrected chi connectivity index (χ4v) is 7.15. The van der Waals surface area contributed by atoms with Crippen molar-refractivity contribution in [3.05, 3.63) is 85.5 Å². The number of anilines is 1. The molecule has 13 heteroatoms. The van der Waals surface area contributed by atoms with Crippen molar-refractivity contribution in [1.82, 2.24) is 15.2 Å². The van der Waals surface area contributed by atoms with Crippen molar-refractivity contribution in [3.8, 4) is 11.5 Å². The van der Waals surface area contributed by atoms with Crippen molar-refractivity contribution in [3.63, 3.8) is 0 Å². The Kier molecular flexibility index (Phi) is 8.13. The number of halogens is 1. The average molecular weight is 615 g/mol. The van der Waals surface area contributed by atoms with E-state index in [-0.39, 0.29) is 10.7 Å². The van der Waals surface area contributed by atoms with Gasteiger partial charge < -0.3 is 14.6 Å². The van der Waals surface area contributed by atoms with Gasteiger partial charge in [-0.05, 0) is 49.7 Å². The number of aromatic nitrogens is 3. The summed E-state index contributed by atoms with van der Waals surface area (Å²) in [4.78, 5) is 33.5. The topological polar surface area (TPSA) is 115 Å². The molecule has 2 aromatic heterocycles. The van der Waals surface area contributed by atoms with Crippen LogP contribution in [0, 0.1) is 13.8 Å². The molecule has 3 heterocycles. The Hall–Kier alpha value is -3.45. The number of thioether (sulfide) groups is 1. The van der Waals surface area contributed by atoms with Crippen LogP contribution in [0.15, 0.2) is 58.1 Å². The third kappa shape index (κ3) is 5.31. The molecular weight excluding hydrogens is 592 g/mol. The van der Waals surface area contributed by atoms with Gasteiger partial charge >= 0.3 is 0 Å². The van der Waals surface area contributed by atoms with Crippen LogP contribution in [0.5, 0.6) is 11.5 Å². The third-order valence-corrected chi connectivity index (χ3v) is 9.62. The van der Waals surface area contributed by atoms with Gasteiger partial charge in [0.2, 0.25) is 10.9 Å². The summed E-state index contributed by atoms with van der Waals surface area (Å²) in [6.45, 7) is 3.51. The van der Waals surface area contributed by atoms with E-state index in [2.05, 4.69) is 15.2 Å². The minimum absolute atomic E-state index is 0.0890. The van der Waals surface area contributed by atoms with Gasteiger partial charge in [0, 0.05) is 16.3 Å². The number of benzene rings is 2. The van der Waals surface area contributed by atoms with Gasteiger partial charge in [-0.25, -0.2) is 4.98 Å². The van der Waals surface area contributed by atoms with Crippen LogP contribution in [-0.2, 0) is 10.5 Å². The van der Waals surface area contributed by atoms with Crippen molar-refractivity contribution in [2.75, 3.05) is 19.1 Å². The number of thiazole rings is 1. The summed E-state index contributed by atoms with van der Waals surface area (Å²) in [6, 6.07) is 11.5. The second kappa shape index (κ2) is 11.6. The number of hydrogen-bond acceptors (Lipinski definition) is 11. The zero-order valence-corrected chi connectivity index (χ0v) is 25.0. The second-order valence-electron chi connectivity index (χ2n) is 8.69. The van der Waals surface area contributed by atoms with Crippen molar-refractivity contribution >= 4 is 62.9 Å². The van der Waals surface area contributed by atoms with Crippen LogP contribution in [0.4, 0.5) is 5.13 Å². The number of aryl methyl sites for hydroxylation is 2. The molecule has 1 aliphatic heterocycles. The van der Waals surface area contributed by atoms with Gasteiger partial charge in [0.05, 0.1) is 35.4 Å². The van der Waals surface area contributed by atoms with E-state index in [1.165, 1.54) is 53.6 Å². The molecule has 1 aliphatic rings. The minimum atomic E-state index is -1.05. The number of aliphatic hydroxyl groups excluding tert-OH is 1. The standard InChI is InChI=1S/C27H23ClN4O5S3/c1-13-24(39-14(2)29-13)22(33)20-21(18-11-17(36-3)9-10-19(18)37-4)32(25(35)23(20)34)26-30-31-27(40-26)38-12-15-5-7-16(28)8-6-15/h5-11,21,34H,12H2,1-4H3. The molecule has 0 spiro atoms. The van der Waals surface area contributed by atoms with Crippen LogP contribution in [0.2, 0.25) is 5.02 Å². The van der Waals surface area contributed by atoms with E-state index in [9.17, 15) is 14.7 Å². The molecule has 0 bridgehead atoms. The molecule has 0 fully saturated rings. The molecule has 0 saturated carbocycles. The number of ether oxygens (including phenoxy) is 2. The van der Waals surface area contributed by atoms with Crippen LogP contribution in [0.3, 0.4) is 0 Å². The molecule has 0 radical (unpaired) electrons. The number of carbonyl (C=O) groups excluding carboxylic acids is 2. The summed E-state index contributed by atoms with van der Waals surface area (Å²) in [5.41, 5.74) is 1.93. The Balaban J connectivity index is 1.57. The quantitative estimate of drug-likeness (QED) is 0.131. The van der Waals surface area contributed by atoms with Crippen LogP contribution in [0.25, 0.3) is 0 Å². The summed E-state index contributed by atoms with van der Waals surface area (Å²) in [5, 5.41) is 21.3. The number of methoxy groups -OCH3 is 2. The highest BCUT2D eigenvalue weighted by Gasteiger charge is 2.48. The van der Waals surface area contributed by atoms with E-state index in [0.29, 0.717) is 47.8 Å². The van der Waals surface area contributed by atoms with Gasteiger partial charge in [-0.2, -0.15) is 0 Å². The Morgan fingerprint density at radius 1 is 1.10 bits per heavy atom. The van der Waals surface area contributed by atoms with Gasteiger partial charge in [0.25, 0.3) is 5.91 Å². The van der Waals surface area contributed by atoms with Crippen LogP contribution in [-0.4, -0.2) is 46.2 Å². The Morgan fingerprint density at radius 2 is 1.85 bits per heavy atom. The number of ketones is 1. The maximum absolute atomic E-state index is 13.9. The van der Waals surface area contributed by atoms with Crippen molar-refractivity contribution in [2.24, 2.45) is 0 Å². The van der Waals surface area contributed by atoms with Gasteiger partial charge in [0.1, 0.15) is 17.5 Å². The number of aliphatic hydroxyl groups is 1. The Bertz CT molecular complexity index is 1630. The normalized spacial score (nSPS) is 15.2. The molecule has 1 unspecified atom stereocenters. The van der Waals surface area contributed by atoms with E-state index >= 15 is 0 Å². The van der Waals surface area contributed by atoms with Crippen molar-refractivity contribution in [2.45, 2.75) is 30.0 Å². The van der Waals surface area contributed by atoms with Crippen molar-refractivity contribution < 1.29 is 24.2 Å². The monoisotopic (exact) mass is 614 g/mol. The van der Waals surface area contributed by atoms with Crippen LogP contribution >= 0.6 is 46.0 Å². The van der Waals surface area contributed by atoms with Gasteiger partial charge in [-0.1, -0.05) is 46.8 Å². The van der Waals surface area contributed by atoms with E-state index in [0.717, 1.165) is 5.56 Å². The first-order valence-electron chi connectivity index (χ1n) is 11.9. The lowest BCUT2D eigenvalue weighted by Gasteiger charge is -2.25. The summed E-state index contributed by atoms with van der Waals surface area (Å²) < 4.78 is 11.7. The molecule has 206 valence electrons. The molecular formula is C27H23ClN4O5S3. The van der Waals surface area contributed by atoms with Crippen LogP contribution < -0.4 is 14.4 Å². The van der Waals surface area contributed by atoms with Crippen LogP contribution in [0.1, 0.15) is 37.5 Å². The highest BCUT2D eigenvalue weighted by molar-refractivity contribution is 8.00. The lowest BCUT2D eigenvalue weighted by atomic mass is 9.94. The third-order valence-electron chi connectivity index (χ3n) is 6.17. The Labute approximate surface area is 247 Å². The molecule has 2 aromatic carbocycles. The fourth-order valence-electron chi connectivity index (χ4n) is 4.33. The first-order chi connectivity index (χ1) is 19.2. The van der Waals surface area contributed by atoms with E-state index in [1.54, 1.807) is 32.0 Å². The zero-order valence-electron chi connectivity index (χ0n) is 21.8. The minimum Gasteiger partial charge on any atom is -0.503 e. The Morgan fingerprint density at radius 3 is 2.50 bits per heavy atom. The SMILES string of the molecule is COc1ccc(OC)c(C2C(C(=O)c3sc(C)nc3C)=C(O)C(=O)N2c2nnc(SCc3ccc(Cl)cc3)s2)c1. The molecule has 5 rings (SSSR count). The molecule has 1 N–H and O–H groups in total. The van der Waals surface area contributed by atoms with Crippen molar-refractivity contribution in [1.29, 1.82) is 0 Å². The molecule has 1 atom stereocenters. The largest absolute Gasteiger partial charge is 0.503 e. The zero-order chi connectivity index (χ0) is 28.6. The summed E-state index contributed by atoms with van der Waals surface area (Å²) in [6.07, 6.45) is 0. The highest BCUT2D eigenvalue weighted by Crippen LogP contribution is 2.47. The number of hydrogen-bond donors (Lipinski definition) is 1. The summed E-state index contributed by atoms with van der Waals surface area (Å²) in [5.74, 6) is -0.402. The number of nitrogens with zero attached hydrogens (tertiary/aromatic N) is 4. The van der Waals surface area contributed by atoms with Gasteiger partial charge in [0.15, 0.2) is 10.1 Å². The van der Waals surface area contributed by atoms with E-state index < -0.39 is 23.5 Å². The number of amides is 1. The molecule has 0 saturated heterocycles. The molecule has 9 nitrogen and oxygen atoms in total. The number of carbonyl (C=O) groups is 2. The fraction of sp³-hybridized carbons (Fsp3) is 0.222. The predicted molar refractivity (Wildman–Crippen MR) is 156 cm³/mol. The maximum Gasteiger partial charge on any atom is 0.296 e. The number of Topliss-reactive ketones (excluding diaryl/α,β-unsaturated/α-hetero) is 1. The average Bonchev–Trinajstić information content (AvgIpc) is 3.63. The lowest BCUT2D eigenvalue weighted by Crippen LogP contribution is -2.31. The molecule has 1 amide bonds. The maximum atomic E-state index is 13.9. The lowest BCUT2D eigenvalue weighted by molar-refractivity contribution is -0.117. The van der Waals surface area contributed by atoms with E-state index in [1.807, 2.05) is 24.3 Å². The molecule has 4 aromatic rings. The summed E-state index contributed by atoms with van der Waals surface area (Å²) >= 11 is 9.83. The van der Waals surface area contributed by atoms with E-state index in [4.69, 9.17) is 21.1 Å². The molecule has 0 aliphatic carbocycles. The van der Waals surface area contributed by atoms with Gasteiger partial charge in [-0.15, -0.1) is 21.5 Å².